The Morgan fingerprint density at radius 3 is 2.83 bits per heavy atom. The Morgan fingerprint density at radius 1 is 1.21 bits per heavy atom. The van der Waals surface area contributed by atoms with Gasteiger partial charge in [-0.25, -0.2) is 15.4 Å². The van der Waals surface area contributed by atoms with Crippen molar-refractivity contribution >= 4 is 5.91 Å². The van der Waals surface area contributed by atoms with Crippen molar-refractivity contribution in [2.45, 2.75) is 44.3 Å². The Labute approximate surface area is 168 Å². The molecule has 2 aromatic rings. The van der Waals surface area contributed by atoms with Gasteiger partial charge in [0.2, 0.25) is 0 Å². The first kappa shape index (κ1) is 19.0. The number of nitriles is 2. The van der Waals surface area contributed by atoms with Crippen molar-refractivity contribution in [3.8, 4) is 12.1 Å². The number of carbonyl (C=O) groups is 1. The number of nitrogens with zero attached hydrogens (tertiary/aromatic N) is 4. The molecule has 4 unspecified atom stereocenters. The van der Waals surface area contributed by atoms with E-state index in [2.05, 4.69) is 32.2 Å². The van der Waals surface area contributed by atoms with Crippen molar-refractivity contribution in [1.29, 1.82) is 10.5 Å². The van der Waals surface area contributed by atoms with Crippen LogP contribution in [0.4, 0.5) is 0 Å². The first-order valence-electron chi connectivity index (χ1n) is 9.63. The van der Waals surface area contributed by atoms with E-state index in [1.807, 2.05) is 18.2 Å². The molecule has 29 heavy (non-hydrogen) atoms. The van der Waals surface area contributed by atoms with Gasteiger partial charge in [0, 0.05) is 24.5 Å². The smallest absolute Gasteiger partial charge is 0.270 e. The van der Waals surface area contributed by atoms with E-state index in [4.69, 9.17) is 10.5 Å². The van der Waals surface area contributed by atoms with Gasteiger partial charge in [-0.1, -0.05) is 0 Å². The summed E-state index contributed by atoms with van der Waals surface area (Å²) < 4.78 is 0. The molecule has 1 aliphatic heterocycles. The highest BCUT2D eigenvalue weighted by Crippen LogP contribution is 2.38. The number of nitrogens with one attached hydrogen (secondary N) is 3. The highest BCUT2D eigenvalue weighted by atomic mass is 16.1. The van der Waals surface area contributed by atoms with Crippen LogP contribution in [0, 0.1) is 35.5 Å². The minimum absolute atomic E-state index is 0.0436. The molecule has 1 saturated heterocycles. The molecule has 0 radical (unpaired) electrons. The Kier molecular flexibility index (Phi) is 5.22. The van der Waals surface area contributed by atoms with Gasteiger partial charge in [0.1, 0.15) is 23.5 Å². The fourth-order valence-corrected chi connectivity index (χ4v) is 4.35. The van der Waals surface area contributed by atoms with Crippen LogP contribution in [0.1, 0.15) is 58.2 Å². The highest BCUT2D eigenvalue weighted by Gasteiger charge is 2.41. The Balaban J connectivity index is 1.47. The lowest BCUT2D eigenvalue weighted by Crippen LogP contribution is -2.44. The van der Waals surface area contributed by atoms with Gasteiger partial charge >= 0.3 is 0 Å². The van der Waals surface area contributed by atoms with E-state index in [0.29, 0.717) is 28.6 Å². The van der Waals surface area contributed by atoms with Crippen LogP contribution >= 0.6 is 0 Å². The molecule has 2 fully saturated rings. The number of hydrazine groups is 1. The lowest BCUT2D eigenvalue weighted by molar-refractivity contribution is 0.0909. The molecule has 3 heterocycles. The molecule has 2 aliphatic rings. The summed E-state index contributed by atoms with van der Waals surface area (Å²) in [4.78, 5) is 20.9. The van der Waals surface area contributed by atoms with Crippen LogP contribution in [0.5, 0.6) is 0 Å². The average molecular weight is 387 g/mol. The molecule has 8 heteroatoms. The standard InChI is InChI=1S/C21H21N7O/c1-12-6-13(9-22)11-25-19(12)21(29)26-15-2-3-18-17(8-15)20(28-27-18)14-4-5-24-16(7-14)10-23/h4-7,11,15,17-18,20,27-28H,2-3,8H2,1H3,(H,26,29). The number of hydrogen-bond donors (Lipinski definition) is 3. The summed E-state index contributed by atoms with van der Waals surface area (Å²) >= 11 is 0. The normalized spacial score (nSPS) is 25.5. The van der Waals surface area contributed by atoms with Crippen molar-refractivity contribution in [3.63, 3.8) is 0 Å². The summed E-state index contributed by atoms with van der Waals surface area (Å²) in [6.07, 6.45) is 5.72. The third-order valence-corrected chi connectivity index (χ3v) is 5.77. The average Bonchev–Trinajstić information content (AvgIpc) is 3.16. The van der Waals surface area contributed by atoms with Gasteiger partial charge in [-0.05, 0) is 61.4 Å². The van der Waals surface area contributed by atoms with E-state index >= 15 is 0 Å². The number of hydrogen-bond acceptors (Lipinski definition) is 7. The summed E-state index contributed by atoms with van der Waals surface area (Å²) in [7, 11) is 0. The predicted octanol–water partition coefficient (Wildman–Crippen LogP) is 1.64. The van der Waals surface area contributed by atoms with Crippen molar-refractivity contribution in [3.05, 3.63) is 58.7 Å². The molecule has 1 amide bonds. The zero-order valence-electron chi connectivity index (χ0n) is 16.0. The van der Waals surface area contributed by atoms with Crippen LogP contribution in [0.2, 0.25) is 0 Å². The number of fused-ring (bicyclic) bond motifs is 1. The van der Waals surface area contributed by atoms with E-state index < -0.39 is 0 Å². The van der Waals surface area contributed by atoms with E-state index in [-0.39, 0.29) is 23.9 Å². The number of pyridine rings is 2. The van der Waals surface area contributed by atoms with Crippen LogP contribution in [0.25, 0.3) is 0 Å². The van der Waals surface area contributed by atoms with Gasteiger partial charge in [-0.15, -0.1) is 0 Å². The second-order valence-corrected chi connectivity index (χ2v) is 7.61. The Morgan fingerprint density at radius 2 is 2.07 bits per heavy atom. The number of carbonyl (C=O) groups excluding carboxylic acids is 1. The fourth-order valence-electron chi connectivity index (χ4n) is 4.35. The quantitative estimate of drug-likeness (QED) is 0.731. The SMILES string of the molecule is Cc1cc(C#N)cnc1C(=O)NC1CCC2NNC(c3ccnc(C#N)c3)C2C1. The van der Waals surface area contributed by atoms with Gasteiger partial charge in [-0.2, -0.15) is 10.5 Å². The van der Waals surface area contributed by atoms with Crippen LogP contribution in [0.3, 0.4) is 0 Å². The molecule has 1 saturated carbocycles. The molecule has 2 aromatic heterocycles. The first-order valence-corrected chi connectivity index (χ1v) is 9.63. The van der Waals surface area contributed by atoms with Crippen molar-refractivity contribution < 1.29 is 4.79 Å². The second-order valence-electron chi connectivity index (χ2n) is 7.61. The topological polar surface area (TPSA) is 127 Å². The number of aromatic nitrogens is 2. The van der Waals surface area contributed by atoms with Crippen LogP contribution in [-0.4, -0.2) is 28.0 Å². The summed E-state index contributed by atoms with van der Waals surface area (Å²) in [5.74, 6) is 0.0830. The molecule has 8 nitrogen and oxygen atoms in total. The van der Waals surface area contributed by atoms with Crippen molar-refractivity contribution in [1.82, 2.24) is 26.1 Å². The monoisotopic (exact) mass is 387 g/mol. The molecular formula is C21H21N7O. The zero-order valence-corrected chi connectivity index (χ0v) is 16.0. The third-order valence-electron chi connectivity index (χ3n) is 5.77. The van der Waals surface area contributed by atoms with E-state index in [9.17, 15) is 4.79 Å². The van der Waals surface area contributed by atoms with Gasteiger partial charge in [0.05, 0.1) is 11.6 Å². The molecular weight excluding hydrogens is 366 g/mol. The maximum Gasteiger partial charge on any atom is 0.270 e. The number of amides is 1. The highest BCUT2D eigenvalue weighted by molar-refractivity contribution is 5.93. The van der Waals surface area contributed by atoms with Gasteiger partial charge in [0.25, 0.3) is 5.91 Å². The molecule has 146 valence electrons. The molecule has 0 bridgehead atoms. The zero-order chi connectivity index (χ0) is 20.4. The minimum atomic E-state index is -0.207. The predicted molar refractivity (Wildman–Crippen MR) is 104 cm³/mol. The summed E-state index contributed by atoms with van der Waals surface area (Å²) in [6.45, 7) is 1.79. The van der Waals surface area contributed by atoms with E-state index in [1.54, 1.807) is 19.2 Å². The summed E-state index contributed by atoms with van der Waals surface area (Å²) in [5.41, 5.74) is 9.63. The Bertz CT molecular complexity index is 1020. The fraction of sp³-hybridized carbons (Fsp3) is 0.381. The van der Waals surface area contributed by atoms with Gasteiger partial charge in [-0.3, -0.25) is 10.2 Å². The van der Waals surface area contributed by atoms with E-state index in [1.165, 1.54) is 6.20 Å². The summed E-state index contributed by atoms with van der Waals surface area (Å²) in [6, 6.07) is 9.96. The lowest BCUT2D eigenvalue weighted by atomic mass is 9.77. The summed E-state index contributed by atoms with van der Waals surface area (Å²) in [5, 5.41) is 21.2. The largest absolute Gasteiger partial charge is 0.348 e. The maximum absolute atomic E-state index is 12.7. The Hall–Kier alpha value is -3.33. The first-order chi connectivity index (χ1) is 14.1. The molecule has 0 spiro atoms. The van der Waals surface area contributed by atoms with Crippen molar-refractivity contribution in [2.24, 2.45) is 5.92 Å². The number of aryl methyl sites for hydroxylation is 1. The van der Waals surface area contributed by atoms with Gasteiger partial charge < -0.3 is 5.32 Å². The molecule has 4 rings (SSSR count). The lowest BCUT2D eigenvalue weighted by Gasteiger charge is -2.33. The van der Waals surface area contributed by atoms with Crippen LogP contribution in [0.15, 0.2) is 30.6 Å². The van der Waals surface area contributed by atoms with Crippen molar-refractivity contribution in [2.75, 3.05) is 0 Å². The van der Waals surface area contributed by atoms with Crippen LogP contribution < -0.4 is 16.2 Å². The molecule has 3 N–H and O–H groups in total. The molecule has 0 aromatic carbocycles. The third kappa shape index (κ3) is 3.81. The van der Waals surface area contributed by atoms with E-state index in [0.717, 1.165) is 24.8 Å². The minimum Gasteiger partial charge on any atom is -0.348 e. The molecule has 4 atom stereocenters. The number of rotatable bonds is 3. The molecule has 1 aliphatic carbocycles. The second kappa shape index (κ2) is 7.96. The van der Waals surface area contributed by atoms with Gasteiger partial charge in [0.15, 0.2) is 0 Å². The maximum atomic E-state index is 12.7. The van der Waals surface area contributed by atoms with Crippen LogP contribution in [-0.2, 0) is 0 Å².